The van der Waals surface area contributed by atoms with Gasteiger partial charge in [0.15, 0.2) is 0 Å². The third kappa shape index (κ3) is 4.55. The number of rotatable bonds is 4. The highest BCUT2D eigenvalue weighted by Crippen LogP contribution is 2.09. The number of carbonyl (C=O) groups is 1. The SMILES string of the molecule is Cc1ccc(NC(=O)NCCc2ccc(Cl)cc2)cn1. The second-order valence-electron chi connectivity index (χ2n) is 4.45. The van der Waals surface area contributed by atoms with Crippen LogP contribution in [0.4, 0.5) is 10.5 Å². The van der Waals surface area contributed by atoms with Crippen LogP contribution in [-0.4, -0.2) is 17.6 Å². The van der Waals surface area contributed by atoms with Crippen molar-refractivity contribution in [2.45, 2.75) is 13.3 Å². The zero-order chi connectivity index (χ0) is 14.4. The highest BCUT2D eigenvalue weighted by molar-refractivity contribution is 6.30. The Balaban J connectivity index is 1.75. The maximum Gasteiger partial charge on any atom is 0.319 e. The van der Waals surface area contributed by atoms with Gasteiger partial charge in [-0.15, -0.1) is 0 Å². The summed E-state index contributed by atoms with van der Waals surface area (Å²) in [6, 6.07) is 11.0. The van der Waals surface area contributed by atoms with Gasteiger partial charge in [0.25, 0.3) is 0 Å². The molecule has 0 aliphatic rings. The zero-order valence-corrected chi connectivity index (χ0v) is 11.9. The number of nitrogens with one attached hydrogen (secondary N) is 2. The first-order valence-corrected chi connectivity index (χ1v) is 6.73. The predicted octanol–water partition coefficient (Wildman–Crippen LogP) is 3.41. The van der Waals surface area contributed by atoms with Crippen molar-refractivity contribution in [1.82, 2.24) is 10.3 Å². The Bertz CT molecular complexity index is 567. The lowest BCUT2D eigenvalue weighted by molar-refractivity contribution is 0.252. The molecule has 1 aromatic carbocycles. The molecule has 2 N–H and O–H groups in total. The molecule has 20 heavy (non-hydrogen) atoms. The van der Waals surface area contributed by atoms with Crippen LogP contribution < -0.4 is 10.6 Å². The predicted molar refractivity (Wildman–Crippen MR) is 81.2 cm³/mol. The summed E-state index contributed by atoms with van der Waals surface area (Å²) in [5, 5.41) is 6.24. The lowest BCUT2D eigenvalue weighted by Gasteiger charge is -2.07. The fourth-order valence-electron chi connectivity index (χ4n) is 1.69. The van der Waals surface area contributed by atoms with Gasteiger partial charge in [-0.2, -0.15) is 0 Å². The maximum absolute atomic E-state index is 11.7. The summed E-state index contributed by atoms with van der Waals surface area (Å²) in [6.07, 6.45) is 2.39. The molecule has 1 aromatic heterocycles. The summed E-state index contributed by atoms with van der Waals surface area (Å²) in [6.45, 7) is 2.46. The second kappa shape index (κ2) is 6.91. The number of nitrogens with zero attached hydrogens (tertiary/aromatic N) is 1. The van der Waals surface area contributed by atoms with Crippen LogP contribution in [0, 0.1) is 6.92 Å². The molecular formula is C15H16ClN3O. The van der Waals surface area contributed by atoms with Gasteiger partial charge in [-0.25, -0.2) is 4.79 Å². The fraction of sp³-hybridized carbons (Fsp3) is 0.200. The van der Waals surface area contributed by atoms with E-state index in [2.05, 4.69) is 15.6 Å². The Hall–Kier alpha value is -2.07. The lowest BCUT2D eigenvalue weighted by Crippen LogP contribution is -2.30. The molecule has 4 nitrogen and oxygen atoms in total. The minimum atomic E-state index is -0.232. The molecule has 2 aromatic rings. The third-order valence-electron chi connectivity index (χ3n) is 2.78. The molecule has 0 radical (unpaired) electrons. The molecule has 0 atom stereocenters. The highest BCUT2D eigenvalue weighted by atomic mass is 35.5. The van der Waals surface area contributed by atoms with Crippen LogP contribution in [0.15, 0.2) is 42.6 Å². The Morgan fingerprint density at radius 2 is 1.95 bits per heavy atom. The van der Waals surface area contributed by atoms with Crippen LogP contribution in [0.1, 0.15) is 11.3 Å². The van der Waals surface area contributed by atoms with Crippen molar-refractivity contribution in [3.63, 3.8) is 0 Å². The van der Waals surface area contributed by atoms with Crippen LogP contribution in [0.25, 0.3) is 0 Å². The van der Waals surface area contributed by atoms with Gasteiger partial charge in [-0.05, 0) is 43.2 Å². The van der Waals surface area contributed by atoms with E-state index in [1.807, 2.05) is 43.3 Å². The molecule has 0 aliphatic carbocycles. The molecule has 1 heterocycles. The largest absolute Gasteiger partial charge is 0.338 e. The van der Waals surface area contributed by atoms with E-state index in [1.165, 1.54) is 0 Å². The third-order valence-corrected chi connectivity index (χ3v) is 3.03. The number of hydrogen-bond donors (Lipinski definition) is 2. The second-order valence-corrected chi connectivity index (χ2v) is 4.88. The number of pyridine rings is 1. The summed E-state index contributed by atoms with van der Waals surface area (Å²) in [5.74, 6) is 0. The Morgan fingerprint density at radius 3 is 2.60 bits per heavy atom. The molecule has 0 spiro atoms. The summed E-state index contributed by atoms with van der Waals surface area (Å²) in [4.78, 5) is 15.8. The Morgan fingerprint density at radius 1 is 1.20 bits per heavy atom. The van der Waals surface area contributed by atoms with Crippen molar-refractivity contribution in [1.29, 1.82) is 0 Å². The number of carbonyl (C=O) groups excluding carboxylic acids is 1. The van der Waals surface area contributed by atoms with Crippen LogP contribution >= 0.6 is 11.6 Å². The van der Waals surface area contributed by atoms with Gasteiger partial charge in [-0.3, -0.25) is 4.98 Å². The van der Waals surface area contributed by atoms with Gasteiger partial charge in [0.2, 0.25) is 0 Å². The Kier molecular flexibility index (Phi) is 4.96. The van der Waals surface area contributed by atoms with E-state index in [4.69, 9.17) is 11.6 Å². The van der Waals surface area contributed by atoms with Crippen LogP contribution in [0.2, 0.25) is 5.02 Å². The van der Waals surface area contributed by atoms with Gasteiger partial charge in [-0.1, -0.05) is 23.7 Å². The minimum absolute atomic E-state index is 0.232. The quantitative estimate of drug-likeness (QED) is 0.906. The van der Waals surface area contributed by atoms with Crippen molar-refractivity contribution in [3.05, 3.63) is 58.9 Å². The van der Waals surface area contributed by atoms with Gasteiger partial charge in [0, 0.05) is 17.3 Å². The number of hydrogen-bond acceptors (Lipinski definition) is 2. The van der Waals surface area contributed by atoms with Crippen molar-refractivity contribution in [3.8, 4) is 0 Å². The first-order valence-electron chi connectivity index (χ1n) is 6.35. The molecule has 104 valence electrons. The molecule has 5 heteroatoms. The molecule has 0 bridgehead atoms. The molecule has 0 saturated heterocycles. The minimum Gasteiger partial charge on any atom is -0.338 e. The van der Waals surface area contributed by atoms with E-state index in [9.17, 15) is 4.79 Å². The number of benzene rings is 1. The Labute approximate surface area is 123 Å². The first-order chi connectivity index (χ1) is 9.63. The van der Waals surface area contributed by atoms with E-state index in [0.717, 1.165) is 17.7 Å². The van der Waals surface area contributed by atoms with E-state index in [0.29, 0.717) is 17.3 Å². The van der Waals surface area contributed by atoms with E-state index in [-0.39, 0.29) is 6.03 Å². The standard InChI is InChI=1S/C15H16ClN3O/c1-11-2-7-14(10-18-11)19-15(20)17-9-8-12-3-5-13(16)6-4-12/h2-7,10H,8-9H2,1H3,(H2,17,19,20). The summed E-state index contributed by atoms with van der Waals surface area (Å²) >= 11 is 5.81. The van der Waals surface area contributed by atoms with Crippen molar-refractivity contribution < 1.29 is 4.79 Å². The van der Waals surface area contributed by atoms with Crippen LogP contribution in [0.3, 0.4) is 0 Å². The van der Waals surface area contributed by atoms with E-state index in [1.54, 1.807) is 6.20 Å². The van der Waals surface area contributed by atoms with Crippen molar-refractivity contribution in [2.24, 2.45) is 0 Å². The topological polar surface area (TPSA) is 54.0 Å². The smallest absolute Gasteiger partial charge is 0.319 e. The zero-order valence-electron chi connectivity index (χ0n) is 11.2. The average molecular weight is 290 g/mol. The average Bonchev–Trinajstić information content (AvgIpc) is 2.44. The van der Waals surface area contributed by atoms with Crippen LogP contribution in [-0.2, 0) is 6.42 Å². The fourth-order valence-corrected chi connectivity index (χ4v) is 1.81. The summed E-state index contributed by atoms with van der Waals surface area (Å²) in [7, 11) is 0. The van der Waals surface area contributed by atoms with Gasteiger partial charge in [0.1, 0.15) is 0 Å². The normalized spacial score (nSPS) is 10.1. The number of aromatic nitrogens is 1. The van der Waals surface area contributed by atoms with Crippen LogP contribution in [0.5, 0.6) is 0 Å². The van der Waals surface area contributed by atoms with Crippen molar-refractivity contribution in [2.75, 3.05) is 11.9 Å². The number of halogens is 1. The molecule has 2 amide bonds. The highest BCUT2D eigenvalue weighted by Gasteiger charge is 2.01. The van der Waals surface area contributed by atoms with Gasteiger partial charge >= 0.3 is 6.03 Å². The molecular weight excluding hydrogens is 274 g/mol. The lowest BCUT2D eigenvalue weighted by atomic mass is 10.1. The molecule has 0 fully saturated rings. The summed E-state index contributed by atoms with van der Waals surface area (Å²) in [5.41, 5.74) is 2.73. The van der Waals surface area contributed by atoms with Gasteiger partial charge < -0.3 is 10.6 Å². The number of aryl methyl sites for hydroxylation is 1. The van der Waals surface area contributed by atoms with E-state index < -0.39 is 0 Å². The van der Waals surface area contributed by atoms with Gasteiger partial charge in [0.05, 0.1) is 11.9 Å². The first kappa shape index (κ1) is 14.3. The molecule has 2 rings (SSSR count). The van der Waals surface area contributed by atoms with E-state index >= 15 is 0 Å². The molecule has 0 saturated carbocycles. The number of amides is 2. The molecule has 0 unspecified atom stereocenters. The van der Waals surface area contributed by atoms with Crippen molar-refractivity contribution >= 4 is 23.3 Å². The maximum atomic E-state index is 11.7. The number of anilines is 1. The monoisotopic (exact) mass is 289 g/mol. The summed E-state index contributed by atoms with van der Waals surface area (Å²) < 4.78 is 0. The number of urea groups is 1. The molecule has 0 aliphatic heterocycles.